The second-order valence-electron chi connectivity index (χ2n) is 6.13. The van der Waals surface area contributed by atoms with Gasteiger partial charge in [0, 0.05) is 25.2 Å². The van der Waals surface area contributed by atoms with Crippen molar-refractivity contribution >= 4 is 0 Å². The van der Waals surface area contributed by atoms with Gasteiger partial charge < -0.3 is 10.1 Å². The fraction of sp³-hybridized carbons (Fsp3) is 1.00. The minimum Gasteiger partial charge on any atom is -0.374 e. The van der Waals surface area contributed by atoms with Crippen molar-refractivity contribution in [3.63, 3.8) is 0 Å². The van der Waals surface area contributed by atoms with Crippen LogP contribution in [0.4, 0.5) is 0 Å². The highest BCUT2D eigenvalue weighted by atomic mass is 16.5. The minimum atomic E-state index is 0.361. The highest BCUT2D eigenvalue weighted by Gasteiger charge is 2.28. The number of likely N-dealkylation sites (N-methyl/N-ethyl adjacent to an activating group) is 1. The molecule has 0 saturated carbocycles. The lowest BCUT2D eigenvalue weighted by atomic mass is 9.98. The summed E-state index contributed by atoms with van der Waals surface area (Å²) < 4.78 is 6.00. The van der Waals surface area contributed by atoms with Crippen LogP contribution in [0.15, 0.2) is 0 Å². The third-order valence-corrected chi connectivity index (χ3v) is 3.83. The molecule has 108 valence electrons. The molecule has 0 aromatic heterocycles. The molecule has 0 spiro atoms. The Balaban J connectivity index is 2.49. The number of rotatable bonds is 7. The maximum atomic E-state index is 6.00. The Morgan fingerprint density at radius 2 is 1.94 bits per heavy atom. The van der Waals surface area contributed by atoms with Crippen molar-refractivity contribution in [1.29, 1.82) is 0 Å². The van der Waals surface area contributed by atoms with E-state index in [1.54, 1.807) is 0 Å². The zero-order valence-corrected chi connectivity index (χ0v) is 12.9. The van der Waals surface area contributed by atoms with Gasteiger partial charge in [-0.25, -0.2) is 0 Å². The Hall–Kier alpha value is -0.120. The van der Waals surface area contributed by atoms with Crippen molar-refractivity contribution in [3.8, 4) is 0 Å². The Kier molecular flexibility index (Phi) is 7.20. The normalized spacial score (nSPS) is 23.8. The molecule has 3 heteroatoms. The van der Waals surface area contributed by atoms with E-state index in [2.05, 4.69) is 44.8 Å². The molecule has 0 bridgehead atoms. The molecule has 1 heterocycles. The summed E-state index contributed by atoms with van der Waals surface area (Å²) in [6.07, 6.45) is 2.86. The molecule has 18 heavy (non-hydrogen) atoms. The maximum Gasteiger partial charge on any atom is 0.0855 e. The van der Waals surface area contributed by atoms with E-state index in [4.69, 9.17) is 4.74 Å². The Morgan fingerprint density at radius 3 is 2.50 bits per heavy atom. The van der Waals surface area contributed by atoms with Gasteiger partial charge in [0.05, 0.1) is 12.7 Å². The van der Waals surface area contributed by atoms with Gasteiger partial charge in [0.1, 0.15) is 0 Å². The first kappa shape index (κ1) is 15.9. The van der Waals surface area contributed by atoms with Crippen molar-refractivity contribution in [2.45, 2.75) is 65.6 Å². The fourth-order valence-electron chi connectivity index (χ4n) is 2.60. The van der Waals surface area contributed by atoms with E-state index in [0.717, 1.165) is 32.2 Å². The van der Waals surface area contributed by atoms with Crippen LogP contribution < -0.4 is 5.32 Å². The zero-order valence-electron chi connectivity index (χ0n) is 12.9. The second-order valence-corrected chi connectivity index (χ2v) is 6.13. The summed E-state index contributed by atoms with van der Waals surface area (Å²) in [5, 5.41) is 3.62. The maximum absolute atomic E-state index is 6.00. The Morgan fingerprint density at radius 1 is 1.22 bits per heavy atom. The fourth-order valence-corrected chi connectivity index (χ4v) is 2.60. The van der Waals surface area contributed by atoms with Gasteiger partial charge in [0.15, 0.2) is 0 Å². The summed E-state index contributed by atoms with van der Waals surface area (Å²) in [6.45, 7) is 15.4. The summed E-state index contributed by atoms with van der Waals surface area (Å²) in [4.78, 5) is 2.54. The largest absolute Gasteiger partial charge is 0.374 e. The average Bonchev–Trinajstić information content (AvgIpc) is 2.34. The number of hydrogen-bond acceptors (Lipinski definition) is 3. The van der Waals surface area contributed by atoms with Crippen LogP contribution in [-0.2, 0) is 4.74 Å². The molecule has 1 aliphatic heterocycles. The number of nitrogens with one attached hydrogen (secondary N) is 1. The van der Waals surface area contributed by atoms with Gasteiger partial charge in [-0.05, 0) is 39.2 Å². The van der Waals surface area contributed by atoms with E-state index in [9.17, 15) is 0 Å². The Bertz CT molecular complexity index is 217. The standard InChI is InChI=1S/C15H32N2O/c1-6-16-14(8-7-12(2)3)15-11-17(13(4)5)9-10-18-15/h12-16H,6-11H2,1-5H3. The molecule has 0 aromatic rings. The van der Waals surface area contributed by atoms with Gasteiger partial charge >= 0.3 is 0 Å². The molecule has 0 aromatic carbocycles. The van der Waals surface area contributed by atoms with E-state index in [-0.39, 0.29) is 0 Å². The first-order chi connectivity index (χ1) is 8.54. The summed E-state index contributed by atoms with van der Waals surface area (Å²) in [5.74, 6) is 0.774. The molecular weight excluding hydrogens is 224 g/mol. The molecule has 0 radical (unpaired) electrons. The molecule has 2 unspecified atom stereocenters. The van der Waals surface area contributed by atoms with Crippen molar-refractivity contribution in [1.82, 2.24) is 10.2 Å². The average molecular weight is 256 g/mol. The van der Waals surface area contributed by atoms with Crippen LogP contribution in [0.3, 0.4) is 0 Å². The summed E-state index contributed by atoms with van der Waals surface area (Å²) in [6, 6.07) is 1.14. The molecule has 1 rings (SSSR count). The summed E-state index contributed by atoms with van der Waals surface area (Å²) in [7, 11) is 0. The molecule has 3 nitrogen and oxygen atoms in total. The Labute approximate surface area is 113 Å². The lowest BCUT2D eigenvalue weighted by molar-refractivity contribution is -0.0568. The van der Waals surface area contributed by atoms with Crippen molar-refractivity contribution in [2.75, 3.05) is 26.2 Å². The summed E-state index contributed by atoms with van der Waals surface area (Å²) in [5.41, 5.74) is 0. The second kappa shape index (κ2) is 8.13. The molecule has 0 amide bonds. The number of ether oxygens (including phenoxy) is 1. The minimum absolute atomic E-state index is 0.361. The number of morpholine rings is 1. The van der Waals surface area contributed by atoms with Crippen LogP contribution in [0.5, 0.6) is 0 Å². The summed E-state index contributed by atoms with van der Waals surface area (Å²) >= 11 is 0. The van der Waals surface area contributed by atoms with Gasteiger partial charge in [-0.2, -0.15) is 0 Å². The first-order valence-corrected chi connectivity index (χ1v) is 7.63. The van der Waals surface area contributed by atoms with Crippen LogP contribution in [0.25, 0.3) is 0 Å². The third-order valence-electron chi connectivity index (χ3n) is 3.83. The molecular formula is C15H32N2O. The predicted molar refractivity (Wildman–Crippen MR) is 78.0 cm³/mol. The van der Waals surface area contributed by atoms with Crippen molar-refractivity contribution in [2.24, 2.45) is 5.92 Å². The van der Waals surface area contributed by atoms with Crippen LogP contribution in [0.2, 0.25) is 0 Å². The van der Waals surface area contributed by atoms with Gasteiger partial charge in [-0.3, -0.25) is 4.90 Å². The quantitative estimate of drug-likeness (QED) is 0.757. The van der Waals surface area contributed by atoms with E-state index in [1.165, 1.54) is 12.8 Å². The highest BCUT2D eigenvalue weighted by molar-refractivity contribution is 4.84. The third kappa shape index (κ3) is 5.25. The van der Waals surface area contributed by atoms with Gasteiger partial charge in [0.25, 0.3) is 0 Å². The molecule has 2 atom stereocenters. The highest BCUT2D eigenvalue weighted by Crippen LogP contribution is 2.17. The van der Waals surface area contributed by atoms with Gasteiger partial charge in [0.2, 0.25) is 0 Å². The van der Waals surface area contributed by atoms with E-state index in [1.807, 2.05) is 0 Å². The lowest BCUT2D eigenvalue weighted by Gasteiger charge is -2.39. The molecule has 1 fully saturated rings. The predicted octanol–water partition coefficient (Wildman–Crippen LogP) is 2.51. The molecule has 0 aliphatic carbocycles. The molecule has 1 aliphatic rings. The van der Waals surface area contributed by atoms with Crippen molar-refractivity contribution in [3.05, 3.63) is 0 Å². The van der Waals surface area contributed by atoms with E-state index in [0.29, 0.717) is 18.2 Å². The number of nitrogens with zero attached hydrogens (tertiary/aromatic N) is 1. The van der Waals surface area contributed by atoms with Gasteiger partial charge in [-0.15, -0.1) is 0 Å². The van der Waals surface area contributed by atoms with Crippen LogP contribution in [0.1, 0.15) is 47.5 Å². The number of hydrogen-bond donors (Lipinski definition) is 1. The smallest absolute Gasteiger partial charge is 0.0855 e. The van der Waals surface area contributed by atoms with E-state index >= 15 is 0 Å². The first-order valence-electron chi connectivity index (χ1n) is 7.63. The molecule has 1 N–H and O–H groups in total. The van der Waals surface area contributed by atoms with E-state index < -0.39 is 0 Å². The lowest BCUT2D eigenvalue weighted by Crippen LogP contribution is -2.53. The zero-order chi connectivity index (χ0) is 13.5. The van der Waals surface area contributed by atoms with Crippen LogP contribution in [0, 0.1) is 5.92 Å². The topological polar surface area (TPSA) is 24.5 Å². The SMILES string of the molecule is CCNC(CCC(C)C)C1CN(C(C)C)CCO1. The molecule has 1 saturated heterocycles. The monoisotopic (exact) mass is 256 g/mol. The van der Waals surface area contributed by atoms with Gasteiger partial charge in [-0.1, -0.05) is 20.8 Å². The van der Waals surface area contributed by atoms with Crippen LogP contribution in [-0.4, -0.2) is 49.3 Å². The van der Waals surface area contributed by atoms with Crippen molar-refractivity contribution < 1.29 is 4.74 Å². The van der Waals surface area contributed by atoms with Crippen LogP contribution >= 0.6 is 0 Å².